The highest BCUT2D eigenvalue weighted by atomic mass is 32.2. The zero-order valence-electron chi connectivity index (χ0n) is 22.8. The van der Waals surface area contributed by atoms with Crippen LogP contribution in [0.1, 0.15) is 30.5 Å². The highest BCUT2D eigenvalue weighted by Crippen LogP contribution is 2.22. The van der Waals surface area contributed by atoms with E-state index in [1.54, 1.807) is 0 Å². The standard InChI is InChI=1S/C30H36FN3O4S/c1-22(2)19-32-30(36)28(17-24-12-6-5-7-13-24)33(20-25-14-9-8-11-23(25)3)29(35)21-34(39(4,37)38)27-16-10-15-26(31)18-27/h5-16,18,22,28H,17,19-21H2,1-4H3,(H,32,36). The molecule has 0 saturated heterocycles. The second-order valence-electron chi connectivity index (χ2n) is 10.0. The van der Waals surface area contributed by atoms with Crippen molar-refractivity contribution in [3.8, 4) is 0 Å². The average molecular weight is 554 g/mol. The van der Waals surface area contributed by atoms with Crippen LogP contribution in [-0.2, 0) is 32.6 Å². The van der Waals surface area contributed by atoms with Crippen molar-refractivity contribution >= 4 is 27.5 Å². The van der Waals surface area contributed by atoms with Gasteiger partial charge < -0.3 is 10.2 Å². The fourth-order valence-electron chi connectivity index (χ4n) is 4.19. The van der Waals surface area contributed by atoms with Crippen LogP contribution >= 0.6 is 0 Å². The fourth-order valence-corrected chi connectivity index (χ4v) is 5.03. The third-order valence-electron chi connectivity index (χ3n) is 6.33. The molecule has 3 aromatic rings. The summed E-state index contributed by atoms with van der Waals surface area (Å²) in [6.07, 6.45) is 1.20. The van der Waals surface area contributed by atoms with Gasteiger partial charge in [0, 0.05) is 19.5 Å². The number of hydrogen-bond acceptors (Lipinski definition) is 4. The lowest BCUT2D eigenvalue weighted by atomic mass is 10.0. The number of amides is 2. The number of aryl methyl sites for hydroxylation is 1. The third kappa shape index (κ3) is 8.64. The SMILES string of the molecule is Cc1ccccc1CN(C(=O)CN(c1cccc(F)c1)S(C)(=O)=O)C(Cc1ccccc1)C(=O)NCC(C)C. The van der Waals surface area contributed by atoms with E-state index in [-0.39, 0.29) is 30.5 Å². The molecule has 7 nitrogen and oxygen atoms in total. The van der Waals surface area contributed by atoms with Gasteiger partial charge in [-0.15, -0.1) is 0 Å². The van der Waals surface area contributed by atoms with Gasteiger partial charge >= 0.3 is 0 Å². The van der Waals surface area contributed by atoms with E-state index in [4.69, 9.17) is 0 Å². The van der Waals surface area contributed by atoms with Crippen molar-refractivity contribution in [3.05, 3.63) is 101 Å². The number of sulfonamides is 1. The Kier molecular flexibility index (Phi) is 10.2. The predicted octanol–water partition coefficient (Wildman–Crippen LogP) is 4.31. The van der Waals surface area contributed by atoms with Crippen LogP contribution < -0.4 is 9.62 Å². The van der Waals surface area contributed by atoms with Crippen LogP contribution in [0.5, 0.6) is 0 Å². The van der Waals surface area contributed by atoms with Gasteiger partial charge in [0.2, 0.25) is 21.8 Å². The Hall–Kier alpha value is -3.72. The lowest BCUT2D eigenvalue weighted by Crippen LogP contribution is -2.53. The van der Waals surface area contributed by atoms with Crippen LogP contribution in [0.2, 0.25) is 0 Å². The van der Waals surface area contributed by atoms with Gasteiger partial charge in [0.25, 0.3) is 0 Å². The highest BCUT2D eigenvalue weighted by molar-refractivity contribution is 7.92. The molecule has 1 N–H and O–H groups in total. The number of nitrogens with one attached hydrogen (secondary N) is 1. The van der Waals surface area contributed by atoms with E-state index < -0.39 is 34.3 Å². The summed E-state index contributed by atoms with van der Waals surface area (Å²) < 4.78 is 40.3. The van der Waals surface area contributed by atoms with Crippen molar-refractivity contribution in [2.75, 3.05) is 23.7 Å². The number of carbonyl (C=O) groups is 2. The average Bonchev–Trinajstić information content (AvgIpc) is 2.88. The van der Waals surface area contributed by atoms with Crippen molar-refractivity contribution in [1.29, 1.82) is 0 Å². The number of rotatable bonds is 12. The van der Waals surface area contributed by atoms with Crippen LogP contribution in [0.25, 0.3) is 0 Å². The molecule has 2 amide bonds. The van der Waals surface area contributed by atoms with Crippen molar-refractivity contribution in [1.82, 2.24) is 10.2 Å². The van der Waals surface area contributed by atoms with Gasteiger partial charge in [-0.1, -0.05) is 74.5 Å². The van der Waals surface area contributed by atoms with Gasteiger partial charge in [0.15, 0.2) is 0 Å². The Morgan fingerprint density at radius 1 is 0.949 bits per heavy atom. The summed E-state index contributed by atoms with van der Waals surface area (Å²) in [6.45, 7) is 5.81. The predicted molar refractivity (Wildman–Crippen MR) is 152 cm³/mol. The molecule has 3 aromatic carbocycles. The molecule has 0 fully saturated rings. The summed E-state index contributed by atoms with van der Waals surface area (Å²) in [5.41, 5.74) is 2.65. The number of halogens is 1. The Morgan fingerprint density at radius 2 is 1.62 bits per heavy atom. The summed E-state index contributed by atoms with van der Waals surface area (Å²) in [5.74, 6) is -1.33. The second-order valence-corrected chi connectivity index (χ2v) is 11.9. The smallest absolute Gasteiger partial charge is 0.244 e. The maximum absolute atomic E-state index is 14.0. The largest absolute Gasteiger partial charge is 0.354 e. The number of benzene rings is 3. The molecule has 0 aliphatic rings. The maximum Gasteiger partial charge on any atom is 0.244 e. The normalized spacial score (nSPS) is 12.2. The molecule has 0 heterocycles. The molecular weight excluding hydrogens is 517 g/mol. The minimum absolute atomic E-state index is 0.0329. The molecule has 1 atom stereocenters. The second kappa shape index (κ2) is 13.4. The molecule has 208 valence electrons. The van der Waals surface area contributed by atoms with Gasteiger partial charge in [0.05, 0.1) is 11.9 Å². The zero-order chi connectivity index (χ0) is 28.6. The van der Waals surface area contributed by atoms with Crippen LogP contribution in [-0.4, -0.2) is 50.5 Å². The molecule has 3 rings (SSSR count). The number of anilines is 1. The molecule has 9 heteroatoms. The minimum atomic E-state index is -3.95. The first-order valence-electron chi connectivity index (χ1n) is 12.8. The van der Waals surface area contributed by atoms with Crippen molar-refractivity contribution < 1.29 is 22.4 Å². The van der Waals surface area contributed by atoms with Crippen LogP contribution in [0, 0.1) is 18.7 Å². The summed E-state index contributed by atoms with van der Waals surface area (Å²) in [7, 11) is -3.95. The number of nitrogens with zero attached hydrogens (tertiary/aromatic N) is 2. The summed E-state index contributed by atoms with van der Waals surface area (Å²) >= 11 is 0. The molecule has 0 aliphatic heterocycles. The molecule has 0 saturated carbocycles. The first kappa shape index (κ1) is 29.8. The quantitative estimate of drug-likeness (QED) is 0.362. The van der Waals surface area contributed by atoms with E-state index in [9.17, 15) is 22.4 Å². The highest BCUT2D eigenvalue weighted by Gasteiger charge is 2.33. The molecule has 1 unspecified atom stereocenters. The molecule has 0 aromatic heterocycles. The summed E-state index contributed by atoms with van der Waals surface area (Å²) in [4.78, 5) is 29.0. The van der Waals surface area contributed by atoms with Crippen molar-refractivity contribution in [2.45, 2.75) is 39.8 Å². The van der Waals surface area contributed by atoms with Crippen LogP contribution in [0.15, 0.2) is 78.9 Å². The maximum atomic E-state index is 14.0. The van der Waals surface area contributed by atoms with Crippen LogP contribution in [0.4, 0.5) is 10.1 Å². The van der Waals surface area contributed by atoms with Gasteiger partial charge in [-0.25, -0.2) is 12.8 Å². The first-order chi connectivity index (χ1) is 18.5. The molecule has 0 bridgehead atoms. The topological polar surface area (TPSA) is 86.8 Å². The first-order valence-corrected chi connectivity index (χ1v) is 14.7. The van der Waals surface area contributed by atoms with Gasteiger partial charge in [-0.2, -0.15) is 0 Å². The molecular formula is C30H36FN3O4S. The molecule has 39 heavy (non-hydrogen) atoms. The lowest BCUT2D eigenvalue weighted by molar-refractivity contribution is -0.140. The number of hydrogen-bond donors (Lipinski definition) is 1. The molecule has 0 radical (unpaired) electrons. The van der Waals surface area contributed by atoms with E-state index in [1.165, 1.54) is 23.1 Å². The van der Waals surface area contributed by atoms with Crippen molar-refractivity contribution in [3.63, 3.8) is 0 Å². The Morgan fingerprint density at radius 3 is 2.23 bits per heavy atom. The molecule has 0 aliphatic carbocycles. The lowest BCUT2D eigenvalue weighted by Gasteiger charge is -2.34. The van der Waals surface area contributed by atoms with E-state index in [0.717, 1.165) is 33.3 Å². The Balaban J connectivity index is 2.06. The van der Waals surface area contributed by atoms with E-state index in [2.05, 4.69) is 5.32 Å². The van der Waals surface area contributed by atoms with Gasteiger partial charge in [-0.3, -0.25) is 13.9 Å². The Bertz CT molecular complexity index is 1380. The van der Waals surface area contributed by atoms with E-state index in [0.29, 0.717) is 6.54 Å². The Labute approximate surface area is 230 Å². The van der Waals surface area contributed by atoms with Gasteiger partial charge in [-0.05, 0) is 47.7 Å². The van der Waals surface area contributed by atoms with E-state index in [1.807, 2.05) is 75.4 Å². The summed E-state index contributed by atoms with van der Waals surface area (Å²) in [5, 5.41) is 2.95. The monoisotopic (exact) mass is 553 g/mol. The minimum Gasteiger partial charge on any atom is -0.354 e. The summed E-state index contributed by atoms with van der Waals surface area (Å²) in [6, 6.07) is 21.1. The van der Waals surface area contributed by atoms with Gasteiger partial charge in [0.1, 0.15) is 18.4 Å². The third-order valence-corrected chi connectivity index (χ3v) is 7.47. The molecule has 0 spiro atoms. The number of carbonyl (C=O) groups excluding carboxylic acids is 2. The zero-order valence-corrected chi connectivity index (χ0v) is 23.6. The fraction of sp³-hybridized carbons (Fsp3) is 0.333. The van der Waals surface area contributed by atoms with E-state index >= 15 is 0 Å². The van der Waals surface area contributed by atoms with Crippen LogP contribution in [0.3, 0.4) is 0 Å². The van der Waals surface area contributed by atoms with Crippen molar-refractivity contribution in [2.24, 2.45) is 5.92 Å².